The number of halogens is 4. The molecule has 4 rings (SSSR count). The second-order valence-electron chi connectivity index (χ2n) is 9.16. The third-order valence-corrected chi connectivity index (χ3v) is 8.63. The minimum atomic E-state index is -4.96. The average Bonchev–Trinajstić information content (AvgIpc) is 3.27. The summed E-state index contributed by atoms with van der Waals surface area (Å²) in [7, 11) is 0. The van der Waals surface area contributed by atoms with E-state index in [9.17, 15) is 32.7 Å². The van der Waals surface area contributed by atoms with Gasteiger partial charge in [-0.2, -0.15) is 0 Å². The van der Waals surface area contributed by atoms with Crippen LogP contribution in [0, 0.1) is 5.92 Å². The number of amides is 1. The molecule has 2 aromatic carbocycles. The van der Waals surface area contributed by atoms with Gasteiger partial charge in [0.2, 0.25) is 0 Å². The molecule has 0 spiro atoms. The summed E-state index contributed by atoms with van der Waals surface area (Å²) < 4.78 is 48.1. The van der Waals surface area contributed by atoms with Crippen LogP contribution in [0.2, 0.25) is 0 Å². The molecule has 41 heavy (non-hydrogen) atoms. The van der Waals surface area contributed by atoms with Crippen LogP contribution < -0.4 is 20.3 Å². The number of rotatable bonds is 10. The molecule has 1 unspecified atom stereocenters. The number of anilines is 2. The number of benzene rings is 2. The Balaban J connectivity index is 1.70. The highest BCUT2D eigenvalue weighted by Crippen LogP contribution is 2.46. The van der Waals surface area contributed by atoms with E-state index >= 15 is 0 Å². The predicted octanol–water partition coefficient (Wildman–Crippen LogP) is 5.67. The summed E-state index contributed by atoms with van der Waals surface area (Å²) in [6, 6.07) is 12.1. The van der Waals surface area contributed by atoms with E-state index in [1.807, 2.05) is 0 Å². The van der Waals surface area contributed by atoms with Crippen molar-refractivity contribution in [1.29, 1.82) is 0 Å². The molecular weight excluding hydrogens is 631 g/mol. The van der Waals surface area contributed by atoms with Crippen molar-refractivity contribution in [3.8, 4) is 16.2 Å². The Bertz CT molecular complexity index is 1410. The van der Waals surface area contributed by atoms with Gasteiger partial charge < -0.3 is 25.6 Å². The molecule has 218 valence electrons. The van der Waals surface area contributed by atoms with E-state index in [-0.39, 0.29) is 25.7 Å². The maximum atomic E-state index is 14.2. The summed E-state index contributed by atoms with van der Waals surface area (Å²) in [5, 5.41) is 24.8. The Hall–Kier alpha value is -3.62. The van der Waals surface area contributed by atoms with Gasteiger partial charge in [0.05, 0.1) is 15.0 Å². The summed E-state index contributed by atoms with van der Waals surface area (Å²) in [5.74, 6) is -4.30. The lowest BCUT2D eigenvalue weighted by atomic mass is 9.89. The predicted molar refractivity (Wildman–Crippen MR) is 151 cm³/mol. The lowest BCUT2D eigenvalue weighted by molar-refractivity contribution is -0.151. The number of carbonyl (C=O) groups excluding carboxylic acids is 1. The summed E-state index contributed by atoms with van der Waals surface area (Å²) in [6.07, 6.45) is -4.01. The number of carboxylic acids is 2. The van der Waals surface area contributed by atoms with Crippen molar-refractivity contribution < 1.29 is 42.5 Å². The minimum absolute atomic E-state index is 0.141. The van der Waals surface area contributed by atoms with E-state index < -0.39 is 42.7 Å². The van der Waals surface area contributed by atoms with Crippen LogP contribution >= 0.6 is 27.3 Å². The maximum absolute atomic E-state index is 14.2. The number of hydrogen-bond acceptors (Lipinski definition) is 7. The SMILES string of the molecule is O=C(O)COc1c(C(=O)O)sc(-c2cccc(NC(C(=O)N(c3ccccc3)C(F)(F)F)C3CCNCC3)c2)c1Br. The number of hydrogen-bond donors (Lipinski definition) is 4. The first-order valence-corrected chi connectivity index (χ1v) is 14.0. The van der Waals surface area contributed by atoms with Gasteiger partial charge in [0.25, 0.3) is 5.91 Å². The molecule has 0 aliphatic carbocycles. The zero-order valence-corrected chi connectivity index (χ0v) is 23.7. The smallest absolute Gasteiger partial charge is 0.479 e. The van der Waals surface area contributed by atoms with Gasteiger partial charge in [0.15, 0.2) is 17.2 Å². The summed E-state index contributed by atoms with van der Waals surface area (Å²) >= 11 is 4.14. The fourth-order valence-electron chi connectivity index (χ4n) is 4.59. The number of aromatic carboxylic acids is 1. The molecule has 3 aromatic rings. The van der Waals surface area contributed by atoms with Crippen LogP contribution in [0.25, 0.3) is 10.4 Å². The van der Waals surface area contributed by atoms with Gasteiger partial charge in [0.1, 0.15) is 6.04 Å². The minimum Gasteiger partial charge on any atom is -0.479 e. The number of aliphatic carboxylic acids is 1. The number of carbonyl (C=O) groups is 3. The number of para-hydroxylation sites is 1. The van der Waals surface area contributed by atoms with Crippen molar-refractivity contribution in [2.45, 2.75) is 25.2 Å². The van der Waals surface area contributed by atoms with E-state index in [1.165, 1.54) is 24.3 Å². The Morgan fingerprint density at radius 2 is 1.78 bits per heavy atom. The zero-order valence-electron chi connectivity index (χ0n) is 21.3. The standard InChI is InChI=1S/C27H25BrF3N3O6S/c28-20-22(40-14-19(35)36)24(26(38)39)41-23(20)16-5-4-6-17(13-16)33-21(15-9-11-32-12-10-15)25(37)34(27(29,30)31)18-7-2-1-3-8-18/h1-8,13,15,21,32-33H,9-12,14H2,(H,35,36)(H,38,39). The molecule has 1 aromatic heterocycles. The van der Waals surface area contributed by atoms with Crippen LogP contribution in [0.4, 0.5) is 24.5 Å². The zero-order chi connectivity index (χ0) is 29.7. The van der Waals surface area contributed by atoms with Crippen LogP contribution in [-0.4, -0.2) is 60.1 Å². The van der Waals surface area contributed by atoms with E-state index in [0.717, 1.165) is 11.3 Å². The van der Waals surface area contributed by atoms with Crippen LogP contribution in [0.15, 0.2) is 59.1 Å². The molecule has 1 aliphatic heterocycles. The summed E-state index contributed by atoms with van der Waals surface area (Å²) in [6.45, 7) is 0.341. The second-order valence-corrected chi connectivity index (χ2v) is 11.0. The highest BCUT2D eigenvalue weighted by Gasteiger charge is 2.46. The fourth-order valence-corrected chi connectivity index (χ4v) is 6.48. The molecule has 0 radical (unpaired) electrons. The second kappa shape index (κ2) is 12.9. The molecule has 0 bridgehead atoms. The average molecular weight is 656 g/mol. The number of carboxylic acid groups (broad SMARTS) is 2. The topological polar surface area (TPSA) is 128 Å². The molecular formula is C27H25BrF3N3O6S. The number of ether oxygens (including phenoxy) is 1. The molecule has 1 atom stereocenters. The first kappa shape index (κ1) is 30.3. The molecule has 0 saturated carbocycles. The first-order chi connectivity index (χ1) is 19.5. The molecule has 1 saturated heterocycles. The van der Waals surface area contributed by atoms with E-state index in [2.05, 4.69) is 26.6 Å². The van der Waals surface area contributed by atoms with Crippen molar-refractivity contribution in [3.05, 3.63) is 63.9 Å². The molecule has 4 N–H and O–H groups in total. The molecule has 2 heterocycles. The van der Waals surface area contributed by atoms with Crippen molar-refractivity contribution >= 4 is 56.5 Å². The van der Waals surface area contributed by atoms with Gasteiger partial charge in [0, 0.05) is 5.69 Å². The van der Waals surface area contributed by atoms with Crippen LogP contribution in [-0.2, 0) is 9.59 Å². The van der Waals surface area contributed by atoms with Gasteiger partial charge >= 0.3 is 18.2 Å². The number of alkyl halides is 3. The Labute approximate surface area is 245 Å². The largest absolute Gasteiger partial charge is 0.491 e. The van der Waals surface area contributed by atoms with Crippen LogP contribution in [0.5, 0.6) is 5.75 Å². The van der Waals surface area contributed by atoms with Crippen molar-refractivity contribution in [1.82, 2.24) is 5.32 Å². The third-order valence-electron chi connectivity index (χ3n) is 6.40. The van der Waals surface area contributed by atoms with Gasteiger partial charge in [-0.05, 0) is 77.6 Å². The van der Waals surface area contributed by atoms with Gasteiger partial charge in [-0.3, -0.25) is 4.79 Å². The first-order valence-electron chi connectivity index (χ1n) is 12.4. The number of nitrogens with one attached hydrogen (secondary N) is 2. The van der Waals surface area contributed by atoms with Crippen molar-refractivity contribution in [2.24, 2.45) is 5.92 Å². The third kappa shape index (κ3) is 7.18. The van der Waals surface area contributed by atoms with Gasteiger partial charge in [-0.1, -0.05) is 30.3 Å². The summed E-state index contributed by atoms with van der Waals surface area (Å²) in [4.78, 5) is 36.5. The van der Waals surface area contributed by atoms with Crippen molar-refractivity contribution in [2.75, 3.05) is 29.9 Å². The quantitative estimate of drug-likeness (QED) is 0.206. The molecule has 1 aliphatic rings. The number of piperidine rings is 1. The van der Waals surface area contributed by atoms with Crippen LogP contribution in [0.3, 0.4) is 0 Å². The van der Waals surface area contributed by atoms with Gasteiger partial charge in [-0.15, -0.1) is 24.5 Å². The Kier molecular flexibility index (Phi) is 9.56. The van der Waals surface area contributed by atoms with E-state index in [4.69, 9.17) is 9.84 Å². The molecule has 1 fully saturated rings. The maximum Gasteiger partial charge on any atom is 0.491 e. The van der Waals surface area contributed by atoms with Crippen LogP contribution in [0.1, 0.15) is 22.5 Å². The monoisotopic (exact) mass is 655 g/mol. The fraction of sp³-hybridized carbons (Fsp3) is 0.296. The molecule has 14 heteroatoms. The molecule has 1 amide bonds. The van der Waals surface area contributed by atoms with E-state index in [1.54, 1.807) is 30.3 Å². The Morgan fingerprint density at radius 3 is 2.39 bits per heavy atom. The molecule has 9 nitrogen and oxygen atoms in total. The van der Waals surface area contributed by atoms with Gasteiger partial charge in [-0.25, -0.2) is 14.5 Å². The lowest BCUT2D eigenvalue weighted by Gasteiger charge is -2.35. The highest BCUT2D eigenvalue weighted by molar-refractivity contribution is 9.10. The van der Waals surface area contributed by atoms with Crippen molar-refractivity contribution in [3.63, 3.8) is 0 Å². The van der Waals surface area contributed by atoms with E-state index in [0.29, 0.717) is 42.1 Å². The normalized spacial score (nSPS) is 14.7. The summed E-state index contributed by atoms with van der Waals surface area (Å²) in [5.41, 5.74) is 0.531. The highest BCUT2D eigenvalue weighted by atomic mass is 79.9. The Morgan fingerprint density at radius 1 is 1.10 bits per heavy atom. The number of nitrogens with zero attached hydrogens (tertiary/aromatic N) is 1. The number of thiophene rings is 1. The lowest BCUT2D eigenvalue weighted by Crippen LogP contribution is -2.54.